The molecular weight excluding hydrogens is 176 g/mol. The zero-order valence-electron chi connectivity index (χ0n) is 7.08. The average molecular weight is 189 g/mol. The van der Waals surface area contributed by atoms with E-state index in [0.29, 0.717) is 6.61 Å². The summed E-state index contributed by atoms with van der Waals surface area (Å²) in [6.45, 7) is 3.35. The molecule has 0 spiro atoms. The van der Waals surface area contributed by atoms with Crippen LogP contribution in [-0.2, 0) is 9.53 Å². The number of carbonyl (C=O) groups is 1. The number of carbonyl (C=O) groups excluding carboxylic acids is 1. The highest BCUT2D eigenvalue weighted by molar-refractivity contribution is 8.13. The number of nitrogens with two attached hydrogens (primary N) is 1. The minimum Gasteiger partial charge on any atom is -0.463 e. The molecule has 0 atom stereocenters. The van der Waals surface area contributed by atoms with Crippen molar-refractivity contribution < 1.29 is 14.1 Å². The van der Waals surface area contributed by atoms with Gasteiger partial charge in [-0.05, 0) is 18.7 Å². The molecule has 0 saturated carbocycles. The van der Waals surface area contributed by atoms with E-state index in [-0.39, 0.29) is 12.5 Å². The first-order chi connectivity index (χ1) is 5.74. The minimum atomic E-state index is -0.206. The average Bonchev–Trinajstić information content (AvgIpc) is 2.37. The molecule has 12 heavy (non-hydrogen) atoms. The molecule has 2 N–H and O–H groups in total. The Balaban J connectivity index is 2.40. The van der Waals surface area contributed by atoms with E-state index in [9.17, 15) is 4.79 Å². The van der Waals surface area contributed by atoms with Gasteiger partial charge in [-0.25, -0.2) is 9.37 Å². The number of ether oxygens (including phenoxy) is 1. The first-order valence-corrected chi connectivity index (χ1v) is 4.88. The summed E-state index contributed by atoms with van der Waals surface area (Å²) in [6, 6.07) is 0. The van der Waals surface area contributed by atoms with Crippen LogP contribution < -0.4 is 5.73 Å². The second-order valence-electron chi connectivity index (χ2n) is 2.41. The van der Waals surface area contributed by atoms with Crippen molar-refractivity contribution in [3.63, 3.8) is 0 Å². The quantitative estimate of drug-likeness (QED) is 0.486. The summed E-state index contributed by atoms with van der Waals surface area (Å²) in [6.07, 6.45) is 0. The van der Waals surface area contributed by atoms with Crippen molar-refractivity contribution in [2.24, 2.45) is 5.73 Å². The zero-order valence-corrected chi connectivity index (χ0v) is 7.89. The highest BCUT2D eigenvalue weighted by Gasteiger charge is 2.20. The number of nitrogens with zero attached hydrogens (tertiary/aromatic N) is 1. The Kier molecular flexibility index (Phi) is 3.40. The van der Waals surface area contributed by atoms with Crippen LogP contribution in [0.25, 0.3) is 0 Å². The third-order valence-electron chi connectivity index (χ3n) is 1.55. The third kappa shape index (κ3) is 2.41. The number of hydrogen-bond donors (Lipinski definition) is 1. The number of esters is 1. The molecule has 1 aliphatic heterocycles. The van der Waals surface area contributed by atoms with E-state index in [4.69, 9.17) is 10.5 Å². The van der Waals surface area contributed by atoms with E-state index >= 15 is 0 Å². The SMILES string of the molecule is CCOC(=O)C[N+]1=C(N)SCC1. The van der Waals surface area contributed by atoms with Gasteiger partial charge in [0.2, 0.25) is 0 Å². The molecule has 0 unspecified atom stereocenters. The second kappa shape index (κ2) is 4.35. The Labute approximate surface area is 75.8 Å². The number of rotatable bonds is 3. The lowest BCUT2D eigenvalue weighted by atomic mass is 10.6. The Bertz CT molecular complexity index is 215. The zero-order chi connectivity index (χ0) is 8.97. The van der Waals surface area contributed by atoms with Gasteiger partial charge in [-0.2, -0.15) is 0 Å². The van der Waals surface area contributed by atoms with E-state index in [1.54, 1.807) is 18.7 Å². The monoisotopic (exact) mass is 189 g/mol. The summed E-state index contributed by atoms with van der Waals surface area (Å²) >= 11 is 1.58. The largest absolute Gasteiger partial charge is 0.463 e. The summed E-state index contributed by atoms with van der Waals surface area (Å²) in [5, 5.41) is 0.725. The van der Waals surface area contributed by atoms with Gasteiger partial charge in [-0.1, -0.05) is 0 Å². The van der Waals surface area contributed by atoms with Gasteiger partial charge in [0.1, 0.15) is 0 Å². The number of hydrogen-bond acceptors (Lipinski definition) is 4. The van der Waals surface area contributed by atoms with Gasteiger partial charge in [0, 0.05) is 5.75 Å². The molecular formula is C7H13N2O2S+. The Morgan fingerprint density at radius 3 is 3.08 bits per heavy atom. The first-order valence-electron chi connectivity index (χ1n) is 3.90. The van der Waals surface area contributed by atoms with Crippen molar-refractivity contribution in [3.05, 3.63) is 0 Å². The molecule has 0 aromatic rings. The van der Waals surface area contributed by atoms with Crippen LogP contribution in [0.1, 0.15) is 6.92 Å². The lowest BCUT2D eigenvalue weighted by molar-refractivity contribution is -0.509. The Morgan fingerprint density at radius 1 is 1.83 bits per heavy atom. The molecule has 0 fully saturated rings. The molecule has 0 radical (unpaired) electrons. The molecule has 0 saturated heterocycles. The van der Waals surface area contributed by atoms with Crippen molar-refractivity contribution >= 4 is 22.9 Å². The van der Waals surface area contributed by atoms with Gasteiger partial charge >= 0.3 is 11.1 Å². The van der Waals surface area contributed by atoms with E-state index in [1.807, 2.05) is 4.58 Å². The van der Waals surface area contributed by atoms with E-state index in [1.165, 1.54) is 0 Å². The van der Waals surface area contributed by atoms with Gasteiger partial charge in [0.05, 0.1) is 13.2 Å². The smallest absolute Gasteiger partial charge is 0.348 e. The van der Waals surface area contributed by atoms with Crippen molar-refractivity contribution in [2.75, 3.05) is 25.4 Å². The Hall–Kier alpha value is -0.710. The number of thioether (sulfide) groups is 1. The van der Waals surface area contributed by atoms with Crippen LogP contribution in [0.4, 0.5) is 0 Å². The highest BCUT2D eigenvalue weighted by Crippen LogP contribution is 2.06. The van der Waals surface area contributed by atoms with E-state index in [2.05, 4.69) is 0 Å². The molecule has 0 aliphatic carbocycles. The van der Waals surface area contributed by atoms with Crippen LogP contribution in [0.3, 0.4) is 0 Å². The topological polar surface area (TPSA) is 55.3 Å². The molecule has 5 heteroatoms. The van der Waals surface area contributed by atoms with Crippen LogP contribution in [-0.4, -0.2) is 41.2 Å². The van der Waals surface area contributed by atoms with E-state index < -0.39 is 0 Å². The van der Waals surface area contributed by atoms with Gasteiger partial charge in [-0.15, -0.1) is 0 Å². The van der Waals surface area contributed by atoms with Crippen LogP contribution in [0.5, 0.6) is 0 Å². The van der Waals surface area contributed by atoms with Crippen molar-refractivity contribution in [3.8, 4) is 0 Å². The van der Waals surface area contributed by atoms with Crippen LogP contribution in [0.2, 0.25) is 0 Å². The predicted octanol–water partition coefficient (Wildman–Crippen LogP) is -0.376. The molecule has 1 heterocycles. The van der Waals surface area contributed by atoms with Crippen molar-refractivity contribution in [1.29, 1.82) is 0 Å². The maximum atomic E-state index is 11.0. The van der Waals surface area contributed by atoms with Crippen LogP contribution in [0.15, 0.2) is 0 Å². The number of amidine groups is 1. The third-order valence-corrected chi connectivity index (χ3v) is 2.49. The molecule has 4 nitrogen and oxygen atoms in total. The van der Waals surface area contributed by atoms with E-state index in [0.717, 1.165) is 17.5 Å². The summed E-state index contributed by atoms with van der Waals surface area (Å²) in [5.74, 6) is 0.758. The standard InChI is InChI=1S/C7H12N2O2S/c1-2-11-6(10)5-9-3-4-12-7(9)8/h8H,2-5H2,1H3/p+1. The minimum absolute atomic E-state index is 0.206. The molecule has 1 rings (SSSR count). The summed E-state index contributed by atoms with van der Waals surface area (Å²) < 4.78 is 6.63. The van der Waals surface area contributed by atoms with Gasteiger partial charge in [0.25, 0.3) is 0 Å². The Morgan fingerprint density at radius 2 is 2.58 bits per heavy atom. The lowest BCUT2D eigenvalue weighted by Gasteiger charge is -2.01. The summed E-state index contributed by atoms with van der Waals surface area (Å²) in [7, 11) is 0. The molecule has 0 bridgehead atoms. The normalized spacial score (nSPS) is 16.8. The second-order valence-corrected chi connectivity index (χ2v) is 3.53. The van der Waals surface area contributed by atoms with Crippen LogP contribution >= 0.6 is 11.8 Å². The van der Waals surface area contributed by atoms with Gasteiger partial charge in [-0.3, -0.25) is 5.73 Å². The summed E-state index contributed by atoms with van der Waals surface area (Å²) in [5.41, 5.74) is 5.62. The van der Waals surface area contributed by atoms with Crippen molar-refractivity contribution in [2.45, 2.75) is 6.92 Å². The molecule has 0 amide bonds. The lowest BCUT2D eigenvalue weighted by Crippen LogP contribution is -2.28. The fourth-order valence-electron chi connectivity index (χ4n) is 0.981. The van der Waals surface area contributed by atoms with Crippen LogP contribution in [0, 0.1) is 0 Å². The van der Waals surface area contributed by atoms with Crippen molar-refractivity contribution in [1.82, 2.24) is 0 Å². The van der Waals surface area contributed by atoms with Gasteiger partial charge in [0.15, 0.2) is 6.54 Å². The molecule has 0 aromatic carbocycles. The molecule has 68 valence electrons. The first kappa shape index (κ1) is 9.38. The maximum Gasteiger partial charge on any atom is 0.348 e. The molecule has 1 aliphatic rings. The molecule has 0 aromatic heterocycles. The highest BCUT2D eigenvalue weighted by atomic mass is 32.2. The predicted molar refractivity (Wildman–Crippen MR) is 48.3 cm³/mol. The van der Waals surface area contributed by atoms with Gasteiger partial charge < -0.3 is 4.74 Å². The maximum absolute atomic E-state index is 11.0. The summed E-state index contributed by atoms with van der Waals surface area (Å²) in [4.78, 5) is 11.0. The fraction of sp³-hybridized carbons (Fsp3) is 0.714. The fourth-order valence-corrected chi connectivity index (χ4v) is 1.84.